The molecule has 3 aromatic heterocycles. The highest BCUT2D eigenvalue weighted by Gasteiger charge is 2.13. The zero-order valence-corrected chi connectivity index (χ0v) is 15.8. The summed E-state index contributed by atoms with van der Waals surface area (Å²) in [6, 6.07) is 18.3. The fourth-order valence-corrected chi connectivity index (χ4v) is 4.20. The summed E-state index contributed by atoms with van der Waals surface area (Å²) in [4.78, 5) is 23.6. The number of H-pyrrole nitrogens is 2. The second kappa shape index (κ2) is 6.98. The maximum Gasteiger partial charge on any atom is 0.270 e. The predicted molar refractivity (Wildman–Crippen MR) is 114 cm³/mol. The first kappa shape index (κ1) is 16.8. The fraction of sp³-hybridized carbons (Fsp3) is 0.0909. The number of aromatic nitrogens is 3. The molecule has 3 heterocycles. The summed E-state index contributed by atoms with van der Waals surface area (Å²) in [6.45, 7) is 0.569. The average Bonchev–Trinajstić information content (AvgIpc) is 3.45. The van der Waals surface area contributed by atoms with Crippen molar-refractivity contribution in [3.63, 3.8) is 0 Å². The lowest BCUT2D eigenvalue weighted by Crippen LogP contribution is -2.25. The Balaban J connectivity index is 1.26. The van der Waals surface area contributed by atoms with Gasteiger partial charge in [-0.2, -0.15) is 0 Å². The number of carbonyl (C=O) groups is 1. The van der Waals surface area contributed by atoms with Crippen LogP contribution in [0.15, 0.2) is 66.2 Å². The molecular weight excluding hydrogens is 368 g/mol. The van der Waals surface area contributed by atoms with E-state index in [9.17, 15) is 4.79 Å². The summed E-state index contributed by atoms with van der Waals surface area (Å²) < 4.78 is 0. The molecule has 2 aromatic carbocycles. The van der Waals surface area contributed by atoms with Crippen molar-refractivity contribution in [3.8, 4) is 10.7 Å². The molecule has 6 heteroatoms. The van der Waals surface area contributed by atoms with Crippen molar-refractivity contribution in [2.45, 2.75) is 6.42 Å². The first-order chi connectivity index (χ1) is 13.8. The number of benzene rings is 2. The van der Waals surface area contributed by atoms with Crippen LogP contribution >= 0.6 is 11.3 Å². The molecule has 0 radical (unpaired) electrons. The zero-order chi connectivity index (χ0) is 18.9. The smallest absolute Gasteiger partial charge is 0.270 e. The van der Waals surface area contributed by atoms with Gasteiger partial charge in [-0.25, -0.2) is 4.98 Å². The summed E-state index contributed by atoms with van der Waals surface area (Å²) in [7, 11) is 0. The highest BCUT2D eigenvalue weighted by atomic mass is 32.1. The maximum atomic E-state index is 12.5. The highest BCUT2D eigenvalue weighted by Crippen LogP contribution is 2.26. The van der Waals surface area contributed by atoms with Crippen molar-refractivity contribution in [2.24, 2.45) is 0 Å². The van der Waals surface area contributed by atoms with Crippen LogP contribution in [0, 0.1) is 0 Å². The standard InChI is InChI=1S/C22H18N4OS/c27-21(23-10-9-15-12-24-18-8-4-2-6-16(15)18)20-13-28-22(26-20)19-11-14-5-1-3-7-17(14)25-19/h1-8,11-13,24-25H,9-10H2,(H,23,27). The number of carbonyl (C=O) groups excluding carboxylic acids is 1. The quantitative estimate of drug-likeness (QED) is 0.408. The topological polar surface area (TPSA) is 73.6 Å². The van der Waals surface area contributed by atoms with Crippen molar-refractivity contribution in [1.29, 1.82) is 0 Å². The second-order valence-corrected chi connectivity index (χ2v) is 7.53. The van der Waals surface area contributed by atoms with Gasteiger partial charge in [0.25, 0.3) is 5.91 Å². The number of amides is 1. The van der Waals surface area contributed by atoms with E-state index in [2.05, 4.69) is 44.5 Å². The molecule has 0 aliphatic rings. The van der Waals surface area contributed by atoms with Crippen LogP contribution in [0.25, 0.3) is 32.5 Å². The van der Waals surface area contributed by atoms with Gasteiger partial charge >= 0.3 is 0 Å². The van der Waals surface area contributed by atoms with Gasteiger partial charge in [-0.05, 0) is 30.2 Å². The van der Waals surface area contributed by atoms with E-state index in [0.717, 1.165) is 33.5 Å². The van der Waals surface area contributed by atoms with Gasteiger partial charge in [-0.3, -0.25) is 4.79 Å². The molecule has 1 amide bonds. The number of hydrogen-bond donors (Lipinski definition) is 3. The van der Waals surface area contributed by atoms with E-state index in [1.807, 2.05) is 41.9 Å². The Labute approximate surface area is 165 Å². The number of aromatic amines is 2. The SMILES string of the molecule is O=C(NCCc1c[nH]c2ccccc12)c1csc(-c2cc3ccccc3[nH]2)n1. The fourth-order valence-electron chi connectivity index (χ4n) is 3.43. The minimum Gasteiger partial charge on any atom is -0.361 e. The lowest BCUT2D eigenvalue weighted by atomic mass is 10.1. The molecule has 0 bridgehead atoms. The van der Waals surface area contributed by atoms with Crippen LogP contribution in [0.5, 0.6) is 0 Å². The lowest BCUT2D eigenvalue weighted by molar-refractivity contribution is 0.0950. The van der Waals surface area contributed by atoms with E-state index < -0.39 is 0 Å². The average molecular weight is 386 g/mol. The summed E-state index contributed by atoms with van der Waals surface area (Å²) in [5.41, 5.74) is 4.78. The van der Waals surface area contributed by atoms with E-state index in [1.54, 1.807) is 0 Å². The molecule has 0 unspecified atom stereocenters. The number of fused-ring (bicyclic) bond motifs is 2. The molecule has 0 aliphatic heterocycles. The number of hydrogen-bond acceptors (Lipinski definition) is 3. The molecule has 5 nitrogen and oxygen atoms in total. The van der Waals surface area contributed by atoms with Gasteiger partial charge in [0, 0.05) is 39.9 Å². The Morgan fingerprint density at radius 2 is 1.89 bits per heavy atom. The van der Waals surface area contributed by atoms with Gasteiger partial charge in [0.2, 0.25) is 0 Å². The van der Waals surface area contributed by atoms with Crippen LogP contribution in [0.2, 0.25) is 0 Å². The van der Waals surface area contributed by atoms with Crippen molar-refractivity contribution in [1.82, 2.24) is 20.3 Å². The van der Waals surface area contributed by atoms with E-state index in [4.69, 9.17) is 0 Å². The normalized spacial score (nSPS) is 11.3. The van der Waals surface area contributed by atoms with Gasteiger partial charge in [0.15, 0.2) is 0 Å². The van der Waals surface area contributed by atoms with E-state index in [0.29, 0.717) is 12.2 Å². The second-order valence-electron chi connectivity index (χ2n) is 6.67. The van der Waals surface area contributed by atoms with Gasteiger partial charge in [-0.15, -0.1) is 11.3 Å². The van der Waals surface area contributed by atoms with Crippen LogP contribution in [0.4, 0.5) is 0 Å². The van der Waals surface area contributed by atoms with E-state index in [-0.39, 0.29) is 5.91 Å². The van der Waals surface area contributed by atoms with Crippen LogP contribution in [-0.4, -0.2) is 27.4 Å². The van der Waals surface area contributed by atoms with Crippen LogP contribution in [-0.2, 0) is 6.42 Å². The summed E-state index contributed by atoms with van der Waals surface area (Å²) in [5.74, 6) is -0.140. The molecule has 0 fully saturated rings. The molecular formula is C22H18N4OS. The number of rotatable bonds is 5. The van der Waals surface area contributed by atoms with Gasteiger partial charge in [-0.1, -0.05) is 36.4 Å². The molecule has 5 aromatic rings. The molecule has 5 rings (SSSR count). The Kier molecular flexibility index (Phi) is 4.18. The van der Waals surface area contributed by atoms with Crippen molar-refractivity contribution < 1.29 is 4.79 Å². The Bertz CT molecular complexity index is 1250. The molecule has 28 heavy (non-hydrogen) atoms. The first-order valence-corrected chi connectivity index (χ1v) is 10.0. The molecule has 138 valence electrons. The van der Waals surface area contributed by atoms with Gasteiger partial charge in [0.05, 0.1) is 5.69 Å². The first-order valence-electron chi connectivity index (χ1n) is 9.15. The highest BCUT2D eigenvalue weighted by molar-refractivity contribution is 7.13. The molecule has 0 saturated heterocycles. The zero-order valence-electron chi connectivity index (χ0n) is 15.0. The molecule has 0 atom stereocenters. The molecule has 0 spiro atoms. The summed E-state index contributed by atoms with van der Waals surface area (Å²) in [5, 5.41) is 7.94. The van der Waals surface area contributed by atoms with E-state index >= 15 is 0 Å². The van der Waals surface area contributed by atoms with Crippen LogP contribution in [0.3, 0.4) is 0 Å². The minimum atomic E-state index is -0.140. The van der Waals surface area contributed by atoms with Crippen molar-refractivity contribution in [2.75, 3.05) is 6.54 Å². The van der Waals surface area contributed by atoms with Gasteiger partial charge < -0.3 is 15.3 Å². The molecule has 0 saturated carbocycles. The van der Waals surface area contributed by atoms with Crippen LogP contribution in [0.1, 0.15) is 16.1 Å². The van der Waals surface area contributed by atoms with Gasteiger partial charge in [0.1, 0.15) is 10.7 Å². The number of nitrogens with zero attached hydrogens (tertiary/aromatic N) is 1. The van der Waals surface area contributed by atoms with Crippen molar-refractivity contribution >= 4 is 39.0 Å². The predicted octanol–water partition coefficient (Wildman–Crippen LogP) is 4.75. The number of para-hydroxylation sites is 2. The number of thiazole rings is 1. The molecule has 0 aliphatic carbocycles. The third-order valence-corrected chi connectivity index (χ3v) is 5.73. The third-order valence-electron chi connectivity index (χ3n) is 4.85. The number of nitrogens with one attached hydrogen (secondary N) is 3. The summed E-state index contributed by atoms with van der Waals surface area (Å²) >= 11 is 1.47. The minimum absolute atomic E-state index is 0.140. The maximum absolute atomic E-state index is 12.5. The Morgan fingerprint density at radius 3 is 2.79 bits per heavy atom. The third kappa shape index (κ3) is 3.08. The van der Waals surface area contributed by atoms with Crippen LogP contribution < -0.4 is 5.32 Å². The summed E-state index contributed by atoms with van der Waals surface area (Å²) in [6.07, 6.45) is 2.78. The van der Waals surface area contributed by atoms with Crippen molar-refractivity contribution in [3.05, 3.63) is 77.4 Å². The van der Waals surface area contributed by atoms with E-state index in [1.165, 1.54) is 22.3 Å². The largest absolute Gasteiger partial charge is 0.361 e. The Hall–Kier alpha value is -3.38. The Morgan fingerprint density at radius 1 is 1.07 bits per heavy atom. The monoisotopic (exact) mass is 386 g/mol. The molecule has 3 N–H and O–H groups in total. The lowest BCUT2D eigenvalue weighted by Gasteiger charge is -2.02.